The molecule has 0 spiro atoms. The number of likely N-dealkylation sites (tertiary alicyclic amines) is 1. The standard InChI is InChI=1S/C22H30BrFN4O2/c1-21(2,3)30-20(29)28-12-10-22(24,11-13-28)9-8-16-6-7-17(19(27-25)18(16)23)26-14-15-4-5-15/h6-7,15,26-27H,4-5,10-14,25H2,1-3H3. The summed E-state index contributed by atoms with van der Waals surface area (Å²) in [7, 11) is 0. The molecule has 0 aromatic heterocycles. The van der Waals surface area contributed by atoms with Crippen LogP contribution in [0.25, 0.3) is 0 Å². The number of carbonyl (C=O) groups is 1. The molecule has 0 atom stereocenters. The maximum atomic E-state index is 15.2. The molecule has 1 saturated carbocycles. The number of benzene rings is 1. The Morgan fingerprint density at radius 1 is 1.37 bits per heavy atom. The molecule has 1 heterocycles. The molecule has 164 valence electrons. The first-order valence-corrected chi connectivity index (χ1v) is 11.1. The summed E-state index contributed by atoms with van der Waals surface area (Å²) >= 11 is 3.54. The molecule has 2 aliphatic rings. The molecule has 0 radical (unpaired) electrons. The second-order valence-corrected chi connectivity index (χ2v) is 9.79. The molecular weight excluding hydrogens is 451 g/mol. The lowest BCUT2D eigenvalue weighted by Gasteiger charge is -2.34. The van der Waals surface area contributed by atoms with Crippen LogP contribution in [0.4, 0.5) is 20.6 Å². The summed E-state index contributed by atoms with van der Waals surface area (Å²) in [6.07, 6.45) is 2.41. The third kappa shape index (κ3) is 6.02. The number of alkyl halides is 1. The first kappa shape index (κ1) is 22.7. The molecule has 1 saturated heterocycles. The van der Waals surface area contributed by atoms with Crippen LogP contribution >= 0.6 is 15.9 Å². The molecule has 4 N–H and O–H groups in total. The lowest BCUT2D eigenvalue weighted by molar-refractivity contribution is 0.0117. The Bertz CT molecular complexity index is 847. The summed E-state index contributed by atoms with van der Waals surface area (Å²) in [6, 6.07) is 3.76. The highest BCUT2D eigenvalue weighted by Gasteiger charge is 2.36. The van der Waals surface area contributed by atoms with Gasteiger partial charge in [-0.15, -0.1) is 0 Å². The zero-order valence-electron chi connectivity index (χ0n) is 17.8. The molecule has 3 rings (SSSR count). The number of anilines is 2. The van der Waals surface area contributed by atoms with E-state index < -0.39 is 17.4 Å². The minimum absolute atomic E-state index is 0.153. The first-order valence-electron chi connectivity index (χ1n) is 10.3. The van der Waals surface area contributed by atoms with E-state index in [0.29, 0.717) is 15.7 Å². The van der Waals surface area contributed by atoms with Crippen molar-refractivity contribution in [1.82, 2.24) is 4.90 Å². The van der Waals surface area contributed by atoms with E-state index in [2.05, 4.69) is 38.5 Å². The van der Waals surface area contributed by atoms with Crippen LogP contribution in [0.3, 0.4) is 0 Å². The highest BCUT2D eigenvalue weighted by molar-refractivity contribution is 9.10. The average molecular weight is 481 g/mol. The SMILES string of the molecule is CC(C)(C)OC(=O)N1CCC(F)(C#Cc2ccc(NCC3CC3)c(NN)c2Br)CC1. The number of hydrogen-bond acceptors (Lipinski definition) is 5. The van der Waals surface area contributed by atoms with Crippen molar-refractivity contribution in [2.45, 2.75) is 57.7 Å². The van der Waals surface area contributed by atoms with Crippen molar-refractivity contribution in [1.29, 1.82) is 0 Å². The lowest BCUT2D eigenvalue weighted by Crippen LogP contribution is -2.45. The van der Waals surface area contributed by atoms with Crippen LogP contribution in [0.5, 0.6) is 0 Å². The van der Waals surface area contributed by atoms with Crippen LogP contribution in [0.2, 0.25) is 0 Å². The number of rotatable bonds is 4. The van der Waals surface area contributed by atoms with E-state index in [9.17, 15) is 4.79 Å². The summed E-state index contributed by atoms with van der Waals surface area (Å²) in [4.78, 5) is 13.7. The van der Waals surface area contributed by atoms with Crippen molar-refractivity contribution < 1.29 is 13.9 Å². The lowest BCUT2D eigenvalue weighted by atomic mass is 9.93. The Morgan fingerprint density at radius 2 is 2.03 bits per heavy atom. The minimum atomic E-state index is -1.64. The molecule has 6 nitrogen and oxygen atoms in total. The van der Waals surface area contributed by atoms with Gasteiger partial charge in [-0.25, -0.2) is 9.18 Å². The second kappa shape index (κ2) is 9.03. The van der Waals surface area contributed by atoms with Crippen molar-refractivity contribution in [3.8, 4) is 11.8 Å². The van der Waals surface area contributed by atoms with Gasteiger partial charge in [-0.2, -0.15) is 0 Å². The quantitative estimate of drug-likeness (QED) is 0.332. The Hall–Kier alpha value is -1.98. The fourth-order valence-corrected chi connectivity index (χ4v) is 3.77. The minimum Gasteiger partial charge on any atom is -0.444 e. The average Bonchev–Trinajstić information content (AvgIpc) is 3.49. The molecule has 30 heavy (non-hydrogen) atoms. The summed E-state index contributed by atoms with van der Waals surface area (Å²) < 4.78 is 21.3. The number of halogens is 2. The van der Waals surface area contributed by atoms with Crippen LogP contribution in [-0.2, 0) is 4.74 Å². The van der Waals surface area contributed by atoms with Crippen LogP contribution in [-0.4, -0.2) is 41.9 Å². The number of nitrogens with zero attached hydrogens (tertiary/aromatic N) is 1. The Labute approximate surface area is 186 Å². The fourth-order valence-electron chi connectivity index (χ4n) is 3.21. The fraction of sp³-hybridized carbons (Fsp3) is 0.591. The van der Waals surface area contributed by atoms with Gasteiger partial charge in [0.25, 0.3) is 0 Å². The Kier molecular flexibility index (Phi) is 6.83. The molecule has 1 aromatic rings. The highest BCUT2D eigenvalue weighted by Crippen LogP contribution is 2.35. The maximum Gasteiger partial charge on any atom is 0.410 e. The van der Waals surface area contributed by atoms with Gasteiger partial charge in [0.2, 0.25) is 0 Å². The van der Waals surface area contributed by atoms with Gasteiger partial charge in [0.15, 0.2) is 5.67 Å². The number of nitrogens with two attached hydrogens (primary N) is 1. The Balaban J connectivity index is 1.65. The van der Waals surface area contributed by atoms with Gasteiger partial charge in [0.1, 0.15) is 5.60 Å². The van der Waals surface area contributed by atoms with E-state index >= 15 is 4.39 Å². The predicted octanol–water partition coefficient (Wildman–Crippen LogP) is 4.65. The smallest absolute Gasteiger partial charge is 0.410 e. The number of nitrogen functional groups attached to an aromatic ring is 1. The maximum absolute atomic E-state index is 15.2. The van der Waals surface area contributed by atoms with Gasteiger partial charge < -0.3 is 20.4 Å². The van der Waals surface area contributed by atoms with Gasteiger partial charge in [0, 0.05) is 38.0 Å². The number of piperidine rings is 1. The van der Waals surface area contributed by atoms with Gasteiger partial charge in [-0.05, 0) is 67.6 Å². The van der Waals surface area contributed by atoms with Crippen molar-refractivity contribution in [3.05, 3.63) is 22.2 Å². The van der Waals surface area contributed by atoms with E-state index in [-0.39, 0.29) is 25.9 Å². The molecule has 0 unspecified atom stereocenters. The summed E-state index contributed by atoms with van der Waals surface area (Å²) in [6.45, 7) is 6.91. The van der Waals surface area contributed by atoms with Crippen molar-refractivity contribution >= 4 is 33.4 Å². The van der Waals surface area contributed by atoms with Gasteiger partial charge in [-0.3, -0.25) is 5.84 Å². The molecule has 2 fully saturated rings. The highest BCUT2D eigenvalue weighted by atomic mass is 79.9. The van der Waals surface area contributed by atoms with Crippen LogP contribution in [0, 0.1) is 17.8 Å². The summed E-state index contributed by atoms with van der Waals surface area (Å²) in [5.41, 5.74) is 2.75. The van der Waals surface area contributed by atoms with Gasteiger partial charge >= 0.3 is 6.09 Å². The summed E-state index contributed by atoms with van der Waals surface area (Å²) in [5.74, 6) is 12.2. The largest absolute Gasteiger partial charge is 0.444 e. The molecule has 1 aliphatic carbocycles. The van der Waals surface area contributed by atoms with Crippen LogP contribution in [0.1, 0.15) is 52.0 Å². The molecule has 0 bridgehead atoms. The predicted molar refractivity (Wildman–Crippen MR) is 121 cm³/mol. The molecular formula is C22H30BrFN4O2. The molecule has 1 aromatic carbocycles. The van der Waals surface area contributed by atoms with Crippen LogP contribution < -0.4 is 16.6 Å². The van der Waals surface area contributed by atoms with Crippen molar-refractivity contribution in [2.24, 2.45) is 11.8 Å². The van der Waals surface area contributed by atoms with E-state index in [1.807, 2.05) is 32.9 Å². The number of amides is 1. The van der Waals surface area contributed by atoms with E-state index in [4.69, 9.17) is 10.6 Å². The molecule has 8 heteroatoms. The van der Waals surface area contributed by atoms with E-state index in [1.165, 1.54) is 17.7 Å². The number of hydrazine groups is 1. The summed E-state index contributed by atoms with van der Waals surface area (Å²) in [5, 5.41) is 3.39. The molecule has 1 aliphatic heterocycles. The second-order valence-electron chi connectivity index (χ2n) is 9.00. The van der Waals surface area contributed by atoms with E-state index in [1.54, 1.807) is 0 Å². The van der Waals surface area contributed by atoms with Crippen molar-refractivity contribution in [3.63, 3.8) is 0 Å². The third-order valence-corrected chi connectivity index (χ3v) is 6.02. The third-order valence-electron chi connectivity index (χ3n) is 5.19. The number of hydrogen-bond donors (Lipinski definition) is 3. The number of nitrogens with one attached hydrogen (secondary N) is 2. The van der Waals surface area contributed by atoms with Gasteiger partial charge in [-0.1, -0.05) is 11.8 Å². The van der Waals surface area contributed by atoms with Gasteiger partial charge in [0.05, 0.1) is 15.8 Å². The molecule has 1 amide bonds. The number of ether oxygens (including phenoxy) is 1. The first-order chi connectivity index (χ1) is 14.1. The van der Waals surface area contributed by atoms with E-state index in [0.717, 1.165) is 18.2 Å². The van der Waals surface area contributed by atoms with Crippen molar-refractivity contribution in [2.75, 3.05) is 30.4 Å². The normalized spacial score (nSPS) is 18.3. The van der Waals surface area contributed by atoms with Crippen LogP contribution in [0.15, 0.2) is 16.6 Å². The number of carbonyl (C=O) groups excluding carboxylic acids is 1. The monoisotopic (exact) mass is 480 g/mol. The zero-order valence-corrected chi connectivity index (χ0v) is 19.4. The topological polar surface area (TPSA) is 79.6 Å². The Morgan fingerprint density at radius 3 is 2.60 bits per heavy atom. The zero-order chi connectivity index (χ0) is 21.9.